The molecule has 1 heterocycles. The fourth-order valence-electron chi connectivity index (χ4n) is 2.70. The maximum absolute atomic E-state index is 6.08. The standard InChI is InChI=1S/C16H22BrClN2/c1-3-4-5-6-7-12(2)20-15-10-13(17)8-9-14(15)19-16(20)11-18/h8-10,12H,3-7,11H2,1-2H3. The van der Waals surface area contributed by atoms with Gasteiger partial charge in [0.1, 0.15) is 5.82 Å². The van der Waals surface area contributed by atoms with Crippen LogP contribution in [0.4, 0.5) is 0 Å². The molecule has 20 heavy (non-hydrogen) atoms. The summed E-state index contributed by atoms with van der Waals surface area (Å²) in [4.78, 5) is 4.65. The highest BCUT2D eigenvalue weighted by Gasteiger charge is 2.15. The van der Waals surface area contributed by atoms with Crippen LogP contribution in [0.25, 0.3) is 11.0 Å². The fourth-order valence-corrected chi connectivity index (χ4v) is 3.24. The summed E-state index contributed by atoms with van der Waals surface area (Å²) in [6.45, 7) is 4.51. The first-order valence-corrected chi connectivity index (χ1v) is 8.72. The van der Waals surface area contributed by atoms with Gasteiger partial charge < -0.3 is 4.57 Å². The van der Waals surface area contributed by atoms with Crippen LogP contribution >= 0.6 is 27.5 Å². The van der Waals surface area contributed by atoms with Crippen LogP contribution in [0.15, 0.2) is 22.7 Å². The first kappa shape index (κ1) is 15.8. The van der Waals surface area contributed by atoms with Crippen LogP contribution in [0.5, 0.6) is 0 Å². The largest absolute Gasteiger partial charge is 0.324 e. The lowest BCUT2D eigenvalue weighted by atomic mass is 10.1. The Labute approximate surface area is 134 Å². The number of nitrogens with zero attached hydrogens (tertiary/aromatic N) is 2. The highest BCUT2D eigenvalue weighted by molar-refractivity contribution is 9.10. The molecular formula is C16H22BrClN2. The van der Waals surface area contributed by atoms with Crippen LogP contribution in [-0.4, -0.2) is 9.55 Å². The van der Waals surface area contributed by atoms with Crippen molar-refractivity contribution in [2.75, 3.05) is 0 Å². The van der Waals surface area contributed by atoms with Crippen molar-refractivity contribution in [2.45, 2.75) is 57.9 Å². The Balaban J connectivity index is 2.24. The van der Waals surface area contributed by atoms with Crippen molar-refractivity contribution in [1.82, 2.24) is 9.55 Å². The summed E-state index contributed by atoms with van der Waals surface area (Å²) in [5, 5.41) is 0. The van der Waals surface area contributed by atoms with Gasteiger partial charge in [-0.3, -0.25) is 0 Å². The molecule has 0 aliphatic rings. The van der Waals surface area contributed by atoms with Crippen molar-refractivity contribution in [3.63, 3.8) is 0 Å². The third-order valence-electron chi connectivity index (χ3n) is 3.76. The van der Waals surface area contributed by atoms with Gasteiger partial charge in [0.25, 0.3) is 0 Å². The van der Waals surface area contributed by atoms with E-state index in [2.05, 4.69) is 51.5 Å². The summed E-state index contributed by atoms with van der Waals surface area (Å²) in [5.74, 6) is 1.44. The molecule has 4 heteroatoms. The molecule has 0 saturated carbocycles. The molecule has 2 rings (SSSR count). The number of rotatable bonds is 7. The van der Waals surface area contributed by atoms with Gasteiger partial charge in [-0.15, -0.1) is 11.6 Å². The zero-order valence-electron chi connectivity index (χ0n) is 12.2. The van der Waals surface area contributed by atoms with Crippen LogP contribution in [0.2, 0.25) is 0 Å². The molecule has 0 bridgehead atoms. The van der Waals surface area contributed by atoms with Gasteiger partial charge in [0.05, 0.1) is 16.9 Å². The highest BCUT2D eigenvalue weighted by Crippen LogP contribution is 2.27. The van der Waals surface area contributed by atoms with Gasteiger partial charge in [0.15, 0.2) is 0 Å². The van der Waals surface area contributed by atoms with Gasteiger partial charge in [0.2, 0.25) is 0 Å². The van der Waals surface area contributed by atoms with Crippen molar-refractivity contribution in [3.8, 4) is 0 Å². The van der Waals surface area contributed by atoms with E-state index in [1.165, 1.54) is 37.6 Å². The molecule has 1 aromatic carbocycles. The van der Waals surface area contributed by atoms with Gasteiger partial charge in [-0.1, -0.05) is 48.5 Å². The van der Waals surface area contributed by atoms with Crippen molar-refractivity contribution in [3.05, 3.63) is 28.5 Å². The number of halogens is 2. The Kier molecular flexibility index (Phi) is 5.91. The van der Waals surface area contributed by atoms with Crippen molar-refractivity contribution in [1.29, 1.82) is 0 Å². The summed E-state index contributed by atoms with van der Waals surface area (Å²) in [6, 6.07) is 6.67. The summed E-state index contributed by atoms with van der Waals surface area (Å²) in [6.07, 6.45) is 6.37. The van der Waals surface area contributed by atoms with Crippen LogP contribution in [-0.2, 0) is 5.88 Å². The van der Waals surface area contributed by atoms with E-state index in [4.69, 9.17) is 11.6 Å². The molecule has 2 nitrogen and oxygen atoms in total. The Bertz CT molecular complexity index is 565. The minimum absolute atomic E-state index is 0.444. The van der Waals surface area contributed by atoms with Crippen molar-refractivity contribution in [2.24, 2.45) is 0 Å². The van der Waals surface area contributed by atoms with Crippen LogP contribution < -0.4 is 0 Å². The quantitative estimate of drug-likeness (QED) is 0.434. The summed E-state index contributed by atoms with van der Waals surface area (Å²) in [5.41, 5.74) is 2.21. The van der Waals surface area contributed by atoms with E-state index in [1.807, 2.05) is 6.07 Å². The lowest BCUT2D eigenvalue weighted by Crippen LogP contribution is -2.08. The molecule has 1 unspecified atom stereocenters. The molecule has 2 aromatic rings. The third-order valence-corrected chi connectivity index (χ3v) is 4.49. The molecule has 110 valence electrons. The van der Waals surface area contributed by atoms with Gasteiger partial charge in [-0.05, 0) is 31.5 Å². The van der Waals surface area contributed by atoms with E-state index < -0.39 is 0 Å². The summed E-state index contributed by atoms with van der Waals surface area (Å²) < 4.78 is 3.39. The molecule has 0 radical (unpaired) electrons. The number of hydrogen-bond donors (Lipinski definition) is 0. The Morgan fingerprint density at radius 3 is 2.80 bits per heavy atom. The highest BCUT2D eigenvalue weighted by atomic mass is 79.9. The second kappa shape index (κ2) is 7.46. The van der Waals surface area contributed by atoms with E-state index in [0.29, 0.717) is 11.9 Å². The maximum Gasteiger partial charge on any atom is 0.125 e. The number of unbranched alkanes of at least 4 members (excludes halogenated alkanes) is 3. The Morgan fingerprint density at radius 1 is 1.30 bits per heavy atom. The summed E-state index contributed by atoms with van der Waals surface area (Å²) in [7, 11) is 0. The number of aromatic nitrogens is 2. The fraction of sp³-hybridized carbons (Fsp3) is 0.562. The average molecular weight is 358 g/mol. The zero-order chi connectivity index (χ0) is 14.5. The third kappa shape index (κ3) is 3.56. The molecule has 0 spiro atoms. The molecule has 1 aromatic heterocycles. The van der Waals surface area contributed by atoms with E-state index in [0.717, 1.165) is 15.8 Å². The monoisotopic (exact) mass is 356 g/mol. The number of benzene rings is 1. The molecule has 1 atom stereocenters. The number of fused-ring (bicyclic) bond motifs is 1. The lowest BCUT2D eigenvalue weighted by molar-refractivity contribution is 0.473. The second-order valence-electron chi connectivity index (χ2n) is 5.36. The predicted octanol–water partition coefficient (Wildman–Crippen LogP) is 6.07. The van der Waals surface area contributed by atoms with Crippen molar-refractivity contribution >= 4 is 38.6 Å². The molecular weight excluding hydrogens is 336 g/mol. The van der Waals surface area contributed by atoms with E-state index in [-0.39, 0.29) is 0 Å². The number of alkyl halides is 1. The Morgan fingerprint density at radius 2 is 2.10 bits per heavy atom. The van der Waals surface area contributed by atoms with Gasteiger partial charge in [-0.25, -0.2) is 4.98 Å². The van der Waals surface area contributed by atoms with Crippen LogP contribution in [0.3, 0.4) is 0 Å². The zero-order valence-corrected chi connectivity index (χ0v) is 14.5. The van der Waals surface area contributed by atoms with E-state index in [1.54, 1.807) is 0 Å². The smallest absolute Gasteiger partial charge is 0.125 e. The molecule has 0 aliphatic carbocycles. The maximum atomic E-state index is 6.08. The van der Waals surface area contributed by atoms with Gasteiger partial charge in [-0.2, -0.15) is 0 Å². The minimum atomic E-state index is 0.444. The molecule has 0 amide bonds. The SMILES string of the molecule is CCCCCCC(C)n1c(CCl)nc2ccc(Br)cc21. The molecule has 0 saturated heterocycles. The molecule has 0 fully saturated rings. The minimum Gasteiger partial charge on any atom is -0.324 e. The topological polar surface area (TPSA) is 17.8 Å². The van der Waals surface area contributed by atoms with Gasteiger partial charge >= 0.3 is 0 Å². The average Bonchev–Trinajstić information content (AvgIpc) is 2.81. The first-order valence-electron chi connectivity index (χ1n) is 7.39. The molecule has 0 N–H and O–H groups in total. The normalized spacial score (nSPS) is 13.0. The van der Waals surface area contributed by atoms with Crippen molar-refractivity contribution < 1.29 is 0 Å². The van der Waals surface area contributed by atoms with E-state index >= 15 is 0 Å². The Hall–Kier alpha value is -0.540. The number of imidazole rings is 1. The van der Waals surface area contributed by atoms with Crippen LogP contribution in [0.1, 0.15) is 57.8 Å². The number of hydrogen-bond acceptors (Lipinski definition) is 1. The van der Waals surface area contributed by atoms with E-state index in [9.17, 15) is 0 Å². The first-order chi connectivity index (χ1) is 9.67. The summed E-state index contributed by atoms with van der Waals surface area (Å²) >= 11 is 9.62. The lowest BCUT2D eigenvalue weighted by Gasteiger charge is -2.17. The second-order valence-corrected chi connectivity index (χ2v) is 6.55. The molecule has 0 aliphatic heterocycles. The van der Waals surface area contributed by atoms with Gasteiger partial charge in [0, 0.05) is 10.5 Å². The van der Waals surface area contributed by atoms with Crippen LogP contribution in [0, 0.1) is 0 Å². The predicted molar refractivity (Wildman–Crippen MR) is 90.5 cm³/mol.